The molecule has 1 aliphatic rings. The van der Waals surface area contributed by atoms with E-state index >= 15 is 0 Å². The monoisotopic (exact) mass is 423 g/mol. The molecule has 0 saturated carbocycles. The van der Waals surface area contributed by atoms with Crippen LogP contribution in [0, 0.1) is 0 Å². The van der Waals surface area contributed by atoms with Crippen LogP contribution in [-0.2, 0) is 22.4 Å². The van der Waals surface area contributed by atoms with Crippen LogP contribution in [0.1, 0.15) is 47.3 Å². The van der Waals surface area contributed by atoms with Crippen molar-refractivity contribution in [3.8, 4) is 0 Å². The molecule has 0 saturated heterocycles. The van der Waals surface area contributed by atoms with Crippen molar-refractivity contribution < 1.29 is 14.3 Å². The number of para-hydroxylation sites is 1. The van der Waals surface area contributed by atoms with E-state index in [-0.39, 0.29) is 0 Å². The van der Waals surface area contributed by atoms with Gasteiger partial charge in [-0.1, -0.05) is 42.6 Å². The van der Waals surface area contributed by atoms with Crippen LogP contribution in [0.25, 0.3) is 10.9 Å². The molecule has 0 bridgehead atoms. The third kappa shape index (κ3) is 4.60. The smallest absolute Gasteiger partial charge is 0.339 e. The summed E-state index contributed by atoms with van der Waals surface area (Å²) in [6.07, 6.45) is 7.45. The van der Waals surface area contributed by atoms with E-state index in [1.54, 1.807) is 12.1 Å². The molecule has 4 rings (SSSR count). The Morgan fingerprint density at radius 1 is 1.03 bits per heavy atom. The van der Waals surface area contributed by atoms with Gasteiger partial charge in [0.25, 0.3) is 5.91 Å². The number of carbonyl (C=O) groups excluding carboxylic acids is 2. The second-order valence-electron chi connectivity index (χ2n) is 7.33. The first-order valence-corrected chi connectivity index (χ1v) is 10.5. The van der Waals surface area contributed by atoms with Crippen molar-refractivity contribution in [2.75, 3.05) is 11.9 Å². The Morgan fingerprint density at radius 2 is 1.83 bits per heavy atom. The molecule has 7 heteroatoms. The van der Waals surface area contributed by atoms with Crippen molar-refractivity contribution >= 4 is 40.2 Å². The second-order valence-corrected chi connectivity index (χ2v) is 7.77. The number of rotatable bonds is 4. The topological polar surface area (TPSA) is 81.2 Å². The van der Waals surface area contributed by atoms with E-state index in [9.17, 15) is 9.59 Å². The highest BCUT2D eigenvalue weighted by Gasteiger charge is 2.23. The Morgan fingerprint density at radius 3 is 2.63 bits per heavy atom. The first-order chi connectivity index (χ1) is 14.6. The number of fused-ring (bicyclic) bond motifs is 2. The number of aromatic nitrogens is 2. The molecular weight excluding hydrogens is 402 g/mol. The molecule has 0 spiro atoms. The average molecular weight is 424 g/mol. The predicted octanol–water partition coefficient (Wildman–Crippen LogP) is 4.74. The highest BCUT2D eigenvalue weighted by atomic mass is 35.5. The molecule has 0 fully saturated rings. The molecule has 0 atom stereocenters. The van der Waals surface area contributed by atoms with E-state index in [4.69, 9.17) is 21.3 Å². The number of pyridine rings is 2. The molecule has 0 aliphatic heterocycles. The van der Waals surface area contributed by atoms with Crippen LogP contribution >= 0.6 is 11.6 Å². The first kappa shape index (κ1) is 20.3. The maximum Gasteiger partial charge on any atom is 0.339 e. The van der Waals surface area contributed by atoms with Crippen LogP contribution in [0.3, 0.4) is 0 Å². The number of ether oxygens (including phenoxy) is 1. The summed E-state index contributed by atoms with van der Waals surface area (Å²) in [4.78, 5) is 34.1. The van der Waals surface area contributed by atoms with Gasteiger partial charge >= 0.3 is 5.97 Å². The number of carbonyl (C=O) groups is 2. The Bertz CT molecular complexity index is 1080. The molecule has 0 radical (unpaired) electrons. The maximum absolute atomic E-state index is 13.1. The van der Waals surface area contributed by atoms with Gasteiger partial charge in [-0.25, -0.2) is 9.78 Å². The number of hydrogen-bond donors (Lipinski definition) is 1. The van der Waals surface area contributed by atoms with Crippen LogP contribution in [-0.4, -0.2) is 28.5 Å². The number of esters is 1. The van der Waals surface area contributed by atoms with Gasteiger partial charge in [0, 0.05) is 17.3 Å². The number of nitrogens with zero attached hydrogens (tertiary/aromatic N) is 2. The number of amides is 1. The van der Waals surface area contributed by atoms with Gasteiger partial charge in [0.1, 0.15) is 5.82 Å². The second kappa shape index (κ2) is 9.22. The molecule has 2 aromatic heterocycles. The Hall–Kier alpha value is -2.99. The lowest BCUT2D eigenvalue weighted by Crippen LogP contribution is -2.22. The van der Waals surface area contributed by atoms with Gasteiger partial charge in [-0.2, -0.15) is 0 Å². The highest BCUT2D eigenvalue weighted by molar-refractivity contribution is 6.30. The number of nitrogens with one attached hydrogen (secondary N) is 1. The third-order valence-electron chi connectivity index (χ3n) is 5.20. The zero-order valence-electron chi connectivity index (χ0n) is 16.5. The molecule has 1 amide bonds. The van der Waals surface area contributed by atoms with Crippen molar-refractivity contribution in [2.24, 2.45) is 0 Å². The van der Waals surface area contributed by atoms with E-state index in [0.29, 0.717) is 16.4 Å². The summed E-state index contributed by atoms with van der Waals surface area (Å²) in [7, 11) is 0. The highest BCUT2D eigenvalue weighted by Crippen LogP contribution is 2.29. The molecule has 154 valence electrons. The van der Waals surface area contributed by atoms with Gasteiger partial charge in [-0.05, 0) is 49.4 Å². The lowest BCUT2D eigenvalue weighted by molar-refractivity contribution is -0.119. The lowest BCUT2D eigenvalue weighted by Gasteiger charge is -2.18. The van der Waals surface area contributed by atoms with Crippen LogP contribution in [0.2, 0.25) is 5.02 Å². The fourth-order valence-electron chi connectivity index (χ4n) is 3.79. The van der Waals surface area contributed by atoms with E-state index in [2.05, 4.69) is 10.3 Å². The quantitative estimate of drug-likeness (QED) is 0.613. The summed E-state index contributed by atoms with van der Waals surface area (Å²) in [6.45, 7) is -0.394. The number of hydrogen-bond acceptors (Lipinski definition) is 5. The van der Waals surface area contributed by atoms with Crippen molar-refractivity contribution in [1.82, 2.24) is 9.97 Å². The van der Waals surface area contributed by atoms with Gasteiger partial charge in [-0.15, -0.1) is 0 Å². The zero-order valence-corrected chi connectivity index (χ0v) is 17.2. The molecule has 1 aromatic carbocycles. The van der Waals surface area contributed by atoms with Crippen LogP contribution < -0.4 is 5.32 Å². The predicted molar refractivity (Wildman–Crippen MR) is 116 cm³/mol. The van der Waals surface area contributed by atoms with Crippen molar-refractivity contribution in [3.05, 3.63) is 64.4 Å². The Balaban J connectivity index is 1.56. The largest absolute Gasteiger partial charge is 0.452 e. The Labute approximate surface area is 179 Å². The summed E-state index contributed by atoms with van der Waals surface area (Å²) in [5, 5.41) is 3.83. The van der Waals surface area contributed by atoms with Crippen LogP contribution in [0.5, 0.6) is 0 Å². The number of aryl methyl sites for hydroxylation is 1. The van der Waals surface area contributed by atoms with Crippen molar-refractivity contribution in [3.63, 3.8) is 0 Å². The SMILES string of the molecule is O=C(COC(=O)c1c2c(nc3ccccc13)CCCCCC2)Nc1ccc(Cl)cn1. The van der Waals surface area contributed by atoms with Gasteiger partial charge in [0.05, 0.1) is 16.1 Å². The van der Waals surface area contributed by atoms with Gasteiger partial charge in [0.15, 0.2) is 6.61 Å². The molecule has 0 unspecified atom stereocenters. The van der Waals surface area contributed by atoms with Crippen LogP contribution in [0.4, 0.5) is 5.82 Å². The minimum Gasteiger partial charge on any atom is -0.452 e. The van der Waals surface area contributed by atoms with E-state index in [1.807, 2.05) is 24.3 Å². The summed E-state index contributed by atoms with van der Waals surface area (Å²) in [6, 6.07) is 10.8. The van der Waals surface area contributed by atoms with Crippen molar-refractivity contribution in [2.45, 2.75) is 38.5 Å². The Kier molecular flexibility index (Phi) is 6.23. The summed E-state index contributed by atoms with van der Waals surface area (Å²) in [5.41, 5.74) is 3.24. The molecular formula is C23H22ClN3O3. The van der Waals surface area contributed by atoms with E-state index in [1.165, 1.54) is 12.6 Å². The molecule has 1 N–H and O–H groups in total. The summed E-state index contributed by atoms with van der Waals surface area (Å²) in [5.74, 6) is -0.607. The standard InChI is InChI=1S/C23H22ClN3O3/c24-15-11-12-20(25-13-15)27-21(28)14-30-23(29)22-16-7-3-1-2-4-9-18(16)26-19-10-6-5-8-17(19)22/h5-6,8,10-13H,1-4,7,9,14H2,(H,25,27,28). The average Bonchev–Trinajstić information content (AvgIpc) is 2.73. The lowest BCUT2D eigenvalue weighted by atomic mass is 9.91. The van der Waals surface area contributed by atoms with Crippen LogP contribution in [0.15, 0.2) is 42.6 Å². The third-order valence-corrected chi connectivity index (χ3v) is 5.43. The minimum absolute atomic E-state index is 0.347. The summed E-state index contributed by atoms with van der Waals surface area (Å²) >= 11 is 5.80. The van der Waals surface area contributed by atoms with E-state index < -0.39 is 18.5 Å². The fourth-order valence-corrected chi connectivity index (χ4v) is 3.90. The summed E-state index contributed by atoms with van der Waals surface area (Å²) < 4.78 is 5.40. The maximum atomic E-state index is 13.1. The number of benzene rings is 1. The molecule has 6 nitrogen and oxygen atoms in total. The van der Waals surface area contributed by atoms with Gasteiger partial charge in [0.2, 0.25) is 0 Å². The van der Waals surface area contributed by atoms with Gasteiger partial charge < -0.3 is 10.1 Å². The molecule has 1 aliphatic carbocycles. The normalized spacial score (nSPS) is 13.8. The molecule has 3 aromatic rings. The number of halogens is 1. The zero-order chi connectivity index (χ0) is 20.9. The fraction of sp³-hybridized carbons (Fsp3) is 0.304. The van der Waals surface area contributed by atoms with Crippen molar-refractivity contribution in [1.29, 1.82) is 0 Å². The first-order valence-electron chi connectivity index (χ1n) is 10.1. The minimum atomic E-state index is -0.496. The van der Waals surface area contributed by atoms with Gasteiger partial charge in [-0.3, -0.25) is 9.78 Å². The molecule has 30 heavy (non-hydrogen) atoms. The van der Waals surface area contributed by atoms with E-state index in [0.717, 1.165) is 54.3 Å². The molecule has 2 heterocycles. The number of anilines is 1.